The molecule has 2 aromatic heterocycles. The van der Waals surface area contributed by atoms with Gasteiger partial charge in [-0.3, -0.25) is 4.98 Å². The number of nitrogens with one attached hydrogen (secondary N) is 1. The molecule has 0 bridgehead atoms. The maximum Gasteiger partial charge on any atom is 0.174 e. The molecule has 1 N–H and O–H groups in total. The molecule has 0 amide bonds. The van der Waals surface area contributed by atoms with Crippen molar-refractivity contribution in [2.75, 3.05) is 12.0 Å². The highest BCUT2D eigenvalue weighted by atomic mass is 32.1. The number of rotatable bonds is 7. The Morgan fingerprint density at radius 3 is 2.41 bits per heavy atom. The fourth-order valence-corrected chi connectivity index (χ4v) is 6.41. The van der Waals surface area contributed by atoms with E-state index in [1.54, 1.807) is 7.11 Å². The molecule has 2 atom stereocenters. The monoisotopic (exact) mass is 538 g/mol. The summed E-state index contributed by atoms with van der Waals surface area (Å²) in [6, 6.07) is 24.7. The third-order valence-corrected chi connectivity index (χ3v) is 8.23. The van der Waals surface area contributed by atoms with Crippen molar-refractivity contribution in [2.24, 2.45) is 0 Å². The third kappa shape index (κ3) is 4.87. The highest BCUT2D eigenvalue weighted by Crippen LogP contribution is 2.44. The van der Waals surface area contributed by atoms with Gasteiger partial charge >= 0.3 is 0 Å². The molecule has 0 unspecified atom stereocenters. The van der Waals surface area contributed by atoms with E-state index in [1.165, 1.54) is 18.4 Å². The van der Waals surface area contributed by atoms with E-state index in [-0.39, 0.29) is 12.1 Å². The molecule has 1 saturated carbocycles. The summed E-state index contributed by atoms with van der Waals surface area (Å²) in [4.78, 5) is 6.95. The molecule has 0 spiro atoms. The van der Waals surface area contributed by atoms with E-state index in [1.807, 2.05) is 30.5 Å². The number of hydrogen-bond donors (Lipinski definition) is 1. The van der Waals surface area contributed by atoms with Crippen LogP contribution in [0.2, 0.25) is 0 Å². The first kappa shape index (κ1) is 25.4. The molecule has 3 heterocycles. The predicted molar refractivity (Wildman–Crippen MR) is 159 cm³/mol. The van der Waals surface area contributed by atoms with Gasteiger partial charge in [-0.25, -0.2) is 0 Å². The van der Waals surface area contributed by atoms with Gasteiger partial charge in [0.1, 0.15) is 11.5 Å². The summed E-state index contributed by atoms with van der Waals surface area (Å²) in [7, 11) is 1.70. The van der Waals surface area contributed by atoms with Crippen LogP contribution in [0.4, 0.5) is 5.69 Å². The van der Waals surface area contributed by atoms with E-state index in [0.29, 0.717) is 11.2 Å². The first-order chi connectivity index (χ1) is 19.0. The summed E-state index contributed by atoms with van der Waals surface area (Å²) in [6.45, 7) is 4.32. The van der Waals surface area contributed by atoms with Gasteiger partial charge < -0.3 is 24.3 Å². The van der Waals surface area contributed by atoms with Gasteiger partial charge in [-0.2, -0.15) is 0 Å². The molecule has 200 valence electrons. The van der Waals surface area contributed by atoms with Crippen LogP contribution < -0.4 is 19.7 Å². The van der Waals surface area contributed by atoms with Crippen LogP contribution in [0, 0.1) is 13.8 Å². The zero-order chi connectivity index (χ0) is 26.9. The molecule has 4 aromatic rings. The van der Waals surface area contributed by atoms with Crippen molar-refractivity contribution in [3.8, 4) is 17.2 Å². The van der Waals surface area contributed by atoms with Gasteiger partial charge in [0.05, 0.1) is 31.0 Å². The number of hydrogen-bond acceptors (Lipinski definition) is 4. The fraction of sp³-hybridized carbons (Fsp3) is 0.312. The topological polar surface area (TPSA) is 51.5 Å². The van der Waals surface area contributed by atoms with Gasteiger partial charge in [0.15, 0.2) is 5.11 Å². The molecule has 1 saturated heterocycles. The lowest BCUT2D eigenvalue weighted by atomic mass is 9.96. The lowest BCUT2D eigenvalue weighted by Gasteiger charge is -2.28. The molecule has 1 aliphatic carbocycles. The molecule has 6 rings (SSSR count). The number of nitrogens with zero attached hydrogens (tertiary/aromatic N) is 3. The number of pyridine rings is 1. The van der Waals surface area contributed by atoms with E-state index in [9.17, 15) is 0 Å². The Bertz CT molecular complexity index is 1460. The number of ether oxygens (including phenoxy) is 2. The fourth-order valence-electron chi connectivity index (χ4n) is 6.07. The number of anilines is 1. The molecule has 1 aliphatic heterocycles. The average Bonchev–Trinajstić information content (AvgIpc) is 3.67. The average molecular weight is 539 g/mol. The number of aromatic nitrogens is 2. The summed E-state index contributed by atoms with van der Waals surface area (Å²) in [5.74, 6) is 1.75. The SMILES string of the molecule is COc1cccc(-n2c(C)cc([C@H]3[C@@H](c4ccccn4)NC(=S)N3c3ccc(OC4CCCC4)cc3)c2C)c1. The van der Waals surface area contributed by atoms with Crippen LogP contribution >= 0.6 is 12.2 Å². The van der Waals surface area contributed by atoms with Gasteiger partial charge in [0.2, 0.25) is 0 Å². The zero-order valence-electron chi connectivity index (χ0n) is 22.6. The van der Waals surface area contributed by atoms with Gasteiger partial charge in [0.25, 0.3) is 0 Å². The van der Waals surface area contributed by atoms with Crippen LogP contribution in [-0.2, 0) is 0 Å². The Balaban J connectivity index is 1.41. The second-order valence-corrected chi connectivity index (χ2v) is 10.8. The van der Waals surface area contributed by atoms with Crippen molar-refractivity contribution < 1.29 is 9.47 Å². The molecule has 0 radical (unpaired) electrons. The summed E-state index contributed by atoms with van der Waals surface area (Å²) in [5, 5.41) is 4.28. The molecule has 6 nitrogen and oxygen atoms in total. The molecule has 2 aromatic carbocycles. The molecular formula is C32H34N4O2S. The van der Waals surface area contributed by atoms with Crippen molar-refractivity contribution in [1.29, 1.82) is 0 Å². The van der Waals surface area contributed by atoms with Gasteiger partial charge in [-0.1, -0.05) is 12.1 Å². The van der Waals surface area contributed by atoms with Gasteiger partial charge in [-0.05, 0) is 112 Å². The lowest BCUT2D eigenvalue weighted by molar-refractivity contribution is 0.210. The second kappa shape index (κ2) is 10.7. The first-order valence-corrected chi connectivity index (χ1v) is 14.0. The molecule has 2 fully saturated rings. The van der Waals surface area contributed by atoms with Gasteiger partial charge in [-0.15, -0.1) is 0 Å². The van der Waals surface area contributed by atoms with Crippen LogP contribution in [0.15, 0.2) is 79.0 Å². The summed E-state index contributed by atoms with van der Waals surface area (Å²) in [5.41, 5.74) is 6.56. The standard InChI is InChI=1S/C32H34N4O2S/c1-21-19-28(22(2)35(21)24-9-8-12-27(20-24)37-3)31-30(29-13-6-7-18-33-29)34-32(39)36(31)23-14-16-26(17-15-23)38-25-10-4-5-11-25/h6-9,12-20,25,30-31H,4-5,10-11H2,1-3H3,(H,34,39)/t30-,31+/m1/s1. The Labute approximate surface area is 235 Å². The van der Waals surface area contributed by atoms with E-state index in [2.05, 4.69) is 77.2 Å². The van der Waals surface area contributed by atoms with Crippen molar-refractivity contribution in [2.45, 2.75) is 57.7 Å². The highest BCUT2D eigenvalue weighted by Gasteiger charge is 2.42. The Kier molecular flexibility index (Phi) is 7.00. The predicted octanol–water partition coefficient (Wildman–Crippen LogP) is 7.00. The van der Waals surface area contributed by atoms with Crippen molar-refractivity contribution in [1.82, 2.24) is 14.9 Å². The summed E-state index contributed by atoms with van der Waals surface area (Å²) >= 11 is 5.97. The quantitative estimate of drug-likeness (QED) is 0.256. The summed E-state index contributed by atoms with van der Waals surface area (Å²) < 4.78 is 14.0. The van der Waals surface area contributed by atoms with Crippen molar-refractivity contribution in [3.63, 3.8) is 0 Å². The number of aryl methyl sites for hydroxylation is 1. The third-order valence-electron chi connectivity index (χ3n) is 7.92. The van der Waals surface area contributed by atoms with Crippen LogP contribution in [0.5, 0.6) is 11.5 Å². The van der Waals surface area contributed by atoms with E-state index < -0.39 is 0 Å². The molecule has 7 heteroatoms. The Morgan fingerprint density at radius 1 is 0.897 bits per heavy atom. The maximum atomic E-state index is 6.24. The van der Waals surface area contributed by atoms with E-state index in [0.717, 1.165) is 52.8 Å². The summed E-state index contributed by atoms with van der Waals surface area (Å²) in [6.07, 6.45) is 6.95. The maximum absolute atomic E-state index is 6.24. The molecular weight excluding hydrogens is 504 g/mol. The largest absolute Gasteiger partial charge is 0.497 e. The van der Waals surface area contributed by atoms with E-state index in [4.69, 9.17) is 26.7 Å². The lowest BCUT2D eigenvalue weighted by Crippen LogP contribution is -2.29. The van der Waals surface area contributed by atoms with Crippen LogP contribution in [-0.4, -0.2) is 27.9 Å². The number of methoxy groups -OCH3 is 1. The number of benzene rings is 2. The van der Waals surface area contributed by atoms with Crippen LogP contribution in [0.1, 0.15) is 60.4 Å². The van der Waals surface area contributed by atoms with Crippen molar-refractivity contribution in [3.05, 3.63) is 102 Å². The Hall–Kier alpha value is -3.84. The van der Waals surface area contributed by atoms with E-state index >= 15 is 0 Å². The zero-order valence-corrected chi connectivity index (χ0v) is 23.4. The first-order valence-electron chi connectivity index (χ1n) is 13.6. The van der Waals surface area contributed by atoms with Gasteiger partial charge in [0, 0.05) is 35.0 Å². The Morgan fingerprint density at radius 2 is 1.69 bits per heavy atom. The highest BCUT2D eigenvalue weighted by molar-refractivity contribution is 7.80. The minimum absolute atomic E-state index is 0.0837. The van der Waals surface area contributed by atoms with Crippen molar-refractivity contribution >= 4 is 23.0 Å². The van der Waals surface area contributed by atoms with Crippen LogP contribution in [0.3, 0.4) is 0 Å². The normalized spacial score (nSPS) is 19.4. The van der Waals surface area contributed by atoms with Crippen LogP contribution in [0.25, 0.3) is 5.69 Å². The minimum Gasteiger partial charge on any atom is -0.497 e. The molecule has 39 heavy (non-hydrogen) atoms. The minimum atomic E-state index is -0.104. The molecule has 2 aliphatic rings. The second-order valence-electron chi connectivity index (χ2n) is 10.4. The smallest absolute Gasteiger partial charge is 0.174 e. The number of thiocarbonyl (C=S) groups is 1.